The van der Waals surface area contributed by atoms with Gasteiger partial charge in [-0.1, -0.05) is 19.3 Å². The second kappa shape index (κ2) is 6.57. The second-order valence-electron chi connectivity index (χ2n) is 6.23. The molecular weight excluding hydrogens is 251 g/mol. The summed E-state index contributed by atoms with van der Waals surface area (Å²) in [5, 5.41) is 3.47. The molecule has 1 aromatic rings. The van der Waals surface area contributed by atoms with Crippen molar-refractivity contribution in [2.75, 3.05) is 18.0 Å². The minimum absolute atomic E-state index is 0.0999. The minimum Gasteiger partial charge on any atom is -0.371 e. The van der Waals surface area contributed by atoms with Gasteiger partial charge in [-0.2, -0.15) is 0 Å². The van der Waals surface area contributed by atoms with Crippen LogP contribution in [0.4, 0.5) is 10.1 Å². The van der Waals surface area contributed by atoms with Gasteiger partial charge in [0, 0.05) is 31.4 Å². The smallest absolute Gasteiger partial charge is 0.125 e. The van der Waals surface area contributed by atoms with Gasteiger partial charge in [0.1, 0.15) is 5.82 Å². The van der Waals surface area contributed by atoms with E-state index in [1.165, 1.54) is 44.9 Å². The Morgan fingerprint density at radius 3 is 2.40 bits per heavy atom. The van der Waals surface area contributed by atoms with Gasteiger partial charge >= 0.3 is 0 Å². The van der Waals surface area contributed by atoms with Gasteiger partial charge in [0.05, 0.1) is 0 Å². The van der Waals surface area contributed by atoms with Crippen LogP contribution in [0.25, 0.3) is 0 Å². The molecule has 1 saturated heterocycles. The minimum atomic E-state index is -0.0999. The highest BCUT2D eigenvalue weighted by molar-refractivity contribution is 5.49. The lowest BCUT2D eigenvalue weighted by molar-refractivity contribution is 0.554. The maximum atomic E-state index is 13.9. The summed E-state index contributed by atoms with van der Waals surface area (Å²) >= 11 is 0. The molecule has 2 nitrogen and oxygen atoms in total. The zero-order valence-corrected chi connectivity index (χ0v) is 12.2. The average Bonchev–Trinajstić information content (AvgIpc) is 3.19. The highest BCUT2D eigenvalue weighted by Crippen LogP contribution is 2.23. The molecule has 0 bridgehead atoms. The van der Waals surface area contributed by atoms with Gasteiger partial charge in [0.2, 0.25) is 0 Å². The van der Waals surface area contributed by atoms with Crippen LogP contribution in [-0.4, -0.2) is 19.1 Å². The molecule has 3 heteroatoms. The summed E-state index contributed by atoms with van der Waals surface area (Å²) in [5.41, 5.74) is 2.15. The van der Waals surface area contributed by atoms with E-state index in [0.29, 0.717) is 6.04 Å². The molecule has 0 aromatic heterocycles. The standard InChI is InChI=1S/C17H25FN2/c18-15-10-14(13-19-16-6-7-16)11-17(12-15)20-8-4-2-1-3-5-9-20/h10-12,16,19H,1-9,13H2. The molecule has 0 amide bonds. The third-order valence-corrected chi connectivity index (χ3v) is 4.34. The fourth-order valence-electron chi connectivity index (χ4n) is 2.97. The molecule has 3 rings (SSSR count). The van der Waals surface area contributed by atoms with Crippen molar-refractivity contribution in [1.82, 2.24) is 5.32 Å². The van der Waals surface area contributed by atoms with Crippen LogP contribution in [0.3, 0.4) is 0 Å². The summed E-state index contributed by atoms with van der Waals surface area (Å²) in [4.78, 5) is 2.36. The number of nitrogens with one attached hydrogen (secondary N) is 1. The van der Waals surface area contributed by atoms with Crippen LogP contribution in [0.2, 0.25) is 0 Å². The second-order valence-corrected chi connectivity index (χ2v) is 6.23. The van der Waals surface area contributed by atoms with Crippen LogP contribution < -0.4 is 10.2 Å². The van der Waals surface area contributed by atoms with E-state index in [9.17, 15) is 4.39 Å². The van der Waals surface area contributed by atoms with Crippen LogP contribution in [0.5, 0.6) is 0 Å². The Labute approximate surface area is 121 Å². The summed E-state index contributed by atoms with van der Waals surface area (Å²) in [6.07, 6.45) is 8.97. The zero-order chi connectivity index (χ0) is 13.8. The van der Waals surface area contributed by atoms with Gasteiger partial charge in [-0.05, 0) is 49.4 Å². The number of rotatable bonds is 4. The lowest BCUT2D eigenvalue weighted by Crippen LogP contribution is -2.27. The number of nitrogens with zero attached hydrogens (tertiary/aromatic N) is 1. The summed E-state index contributed by atoms with van der Waals surface area (Å²) in [6.45, 7) is 2.93. The van der Waals surface area contributed by atoms with Crippen LogP contribution in [0.1, 0.15) is 50.5 Å². The Bertz CT molecular complexity index is 435. The third-order valence-electron chi connectivity index (χ3n) is 4.34. The van der Waals surface area contributed by atoms with Gasteiger partial charge < -0.3 is 10.2 Å². The summed E-state index contributed by atoms with van der Waals surface area (Å²) in [5.74, 6) is -0.0999. The maximum absolute atomic E-state index is 13.9. The molecule has 1 N–H and O–H groups in total. The van der Waals surface area contributed by atoms with Crippen molar-refractivity contribution in [3.63, 3.8) is 0 Å². The molecule has 0 unspecified atom stereocenters. The molecule has 20 heavy (non-hydrogen) atoms. The lowest BCUT2D eigenvalue weighted by atomic mass is 10.1. The molecule has 2 fully saturated rings. The van der Waals surface area contributed by atoms with E-state index in [2.05, 4.69) is 16.3 Å². The molecule has 0 atom stereocenters. The summed E-state index contributed by atoms with van der Waals surface area (Å²) < 4.78 is 13.9. The van der Waals surface area contributed by atoms with Crippen molar-refractivity contribution >= 4 is 5.69 Å². The number of anilines is 1. The number of hydrogen-bond acceptors (Lipinski definition) is 2. The molecule has 2 aliphatic rings. The largest absolute Gasteiger partial charge is 0.371 e. The third kappa shape index (κ3) is 3.95. The highest BCUT2D eigenvalue weighted by atomic mass is 19.1. The summed E-state index contributed by atoms with van der Waals surface area (Å²) in [7, 11) is 0. The molecular formula is C17H25FN2. The first-order valence-corrected chi connectivity index (χ1v) is 8.09. The number of benzene rings is 1. The van der Waals surface area contributed by atoms with Crippen molar-refractivity contribution in [1.29, 1.82) is 0 Å². The molecule has 110 valence electrons. The van der Waals surface area contributed by atoms with E-state index in [-0.39, 0.29) is 5.82 Å². The SMILES string of the molecule is Fc1cc(CNC2CC2)cc(N2CCCCCCC2)c1. The molecule has 1 aliphatic heterocycles. The van der Waals surface area contributed by atoms with Crippen molar-refractivity contribution in [2.24, 2.45) is 0 Å². The molecule has 1 heterocycles. The monoisotopic (exact) mass is 276 g/mol. The van der Waals surface area contributed by atoms with Gasteiger partial charge in [-0.3, -0.25) is 0 Å². The van der Waals surface area contributed by atoms with Gasteiger partial charge in [-0.25, -0.2) is 4.39 Å². The van der Waals surface area contributed by atoms with Crippen molar-refractivity contribution < 1.29 is 4.39 Å². The Morgan fingerprint density at radius 1 is 1.00 bits per heavy atom. The normalized spacial score (nSPS) is 20.6. The predicted octanol–water partition coefficient (Wildman–Crippen LogP) is 3.85. The topological polar surface area (TPSA) is 15.3 Å². The first-order chi connectivity index (χ1) is 9.81. The van der Waals surface area contributed by atoms with Crippen molar-refractivity contribution in [3.8, 4) is 0 Å². The van der Waals surface area contributed by atoms with Gasteiger partial charge in [-0.15, -0.1) is 0 Å². The van der Waals surface area contributed by atoms with Crippen LogP contribution >= 0.6 is 0 Å². The number of hydrogen-bond donors (Lipinski definition) is 1. The Hall–Kier alpha value is -1.09. The molecule has 0 radical (unpaired) electrons. The Balaban J connectivity index is 1.69. The summed E-state index contributed by atoms with van der Waals surface area (Å²) in [6, 6.07) is 6.20. The lowest BCUT2D eigenvalue weighted by Gasteiger charge is -2.27. The highest BCUT2D eigenvalue weighted by Gasteiger charge is 2.20. The van der Waals surface area contributed by atoms with Crippen LogP contribution in [0, 0.1) is 5.82 Å². The fourth-order valence-corrected chi connectivity index (χ4v) is 2.97. The molecule has 0 spiro atoms. The van der Waals surface area contributed by atoms with Crippen LogP contribution in [-0.2, 0) is 6.54 Å². The van der Waals surface area contributed by atoms with Crippen molar-refractivity contribution in [3.05, 3.63) is 29.6 Å². The quantitative estimate of drug-likeness (QED) is 0.898. The first-order valence-electron chi connectivity index (χ1n) is 8.09. The van der Waals surface area contributed by atoms with E-state index in [0.717, 1.165) is 30.9 Å². The zero-order valence-electron chi connectivity index (χ0n) is 12.2. The predicted molar refractivity (Wildman–Crippen MR) is 81.6 cm³/mol. The van der Waals surface area contributed by atoms with Gasteiger partial charge in [0.15, 0.2) is 0 Å². The number of halogens is 1. The van der Waals surface area contributed by atoms with Crippen LogP contribution in [0.15, 0.2) is 18.2 Å². The molecule has 1 aromatic carbocycles. The van der Waals surface area contributed by atoms with E-state index >= 15 is 0 Å². The Morgan fingerprint density at radius 2 is 1.70 bits per heavy atom. The molecule has 1 saturated carbocycles. The van der Waals surface area contributed by atoms with Gasteiger partial charge in [0.25, 0.3) is 0 Å². The van der Waals surface area contributed by atoms with Crippen molar-refractivity contribution in [2.45, 2.75) is 57.5 Å². The van der Waals surface area contributed by atoms with E-state index in [1.807, 2.05) is 0 Å². The maximum Gasteiger partial charge on any atom is 0.125 e. The fraction of sp³-hybridized carbons (Fsp3) is 0.647. The first kappa shape index (κ1) is 13.9. The Kier molecular flexibility index (Phi) is 4.56. The van der Waals surface area contributed by atoms with E-state index in [4.69, 9.17) is 0 Å². The van der Waals surface area contributed by atoms with E-state index < -0.39 is 0 Å². The molecule has 1 aliphatic carbocycles. The average molecular weight is 276 g/mol. The van der Waals surface area contributed by atoms with E-state index in [1.54, 1.807) is 12.1 Å².